The Kier molecular flexibility index (Phi) is 5.15. The molecule has 1 aromatic heterocycles. The molecule has 2 aromatic rings. The highest BCUT2D eigenvalue weighted by Crippen LogP contribution is 2.23. The zero-order valence-corrected chi connectivity index (χ0v) is 13.0. The van der Waals surface area contributed by atoms with Crippen molar-refractivity contribution in [3.63, 3.8) is 0 Å². The summed E-state index contributed by atoms with van der Waals surface area (Å²) in [6.07, 6.45) is 2.48. The van der Waals surface area contributed by atoms with Crippen molar-refractivity contribution in [1.82, 2.24) is 0 Å². The molecule has 0 aliphatic heterocycles. The number of carbonyl (C=O) groups is 1. The number of carbonyl (C=O) groups excluding carboxylic acids is 1. The fraction of sp³-hybridized carbons (Fsp3) is 0.125. The van der Waals surface area contributed by atoms with Gasteiger partial charge in [-0.3, -0.25) is 4.79 Å². The normalized spacial score (nSPS) is 11.0. The van der Waals surface area contributed by atoms with E-state index in [4.69, 9.17) is 16.9 Å². The largest absolute Gasteiger partial charge is 0.321 e. The van der Waals surface area contributed by atoms with Gasteiger partial charge in [0.1, 0.15) is 11.6 Å². The van der Waals surface area contributed by atoms with E-state index in [2.05, 4.69) is 12.2 Å². The zero-order chi connectivity index (χ0) is 15.2. The van der Waals surface area contributed by atoms with Gasteiger partial charge in [0.2, 0.25) is 0 Å². The van der Waals surface area contributed by atoms with Gasteiger partial charge in [0, 0.05) is 10.6 Å². The number of thiophene rings is 1. The van der Waals surface area contributed by atoms with E-state index in [9.17, 15) is 4.79 Å². The molecule has 21 heavy (non-hydrogen) atoms. The number of amides is 1. The standard InChI is InChI=1S/C16H13ClN2OS/c1-2-11-3-5-13(6-4-11)19-16(20)12(10-18)9-14-7-8-15(17)21-14/h3-9H,2H2,1H3,(H,19,20)/b12-9-. The predicted molar refractivity (Wildman–Crippen MR) is 87.4 cm³/mol. The van der Waals surface area contributed by atoms with Gasteiger partial charge in [-0.1, -0.05) is 30.7 Å². The first-order valence-corrected chi connectivity index (χ1v) is 7.59. The Hall–Kier alpha value is -2.09. The number of nitrogens with zero attached hydrogens (tertiary/aromatic N) is 1. The summed E-state index contributed by atoms with van der Waals surface area (Å²) in [6, 6.07) is 13.0. The maximum Gasteiger partial charge on any atom is 0.266 e. The Morgan fingerprint density at radius 1 is 1.33 bits per heavy atom. The predicted octanol–water partition coefficient (Wildman–Crippen LogP) is 4.51. The summed E-state index contributed by atoms with van der Waals surface area (Å²) in [5, 5.41) is 11.8. The fourth-order valence-corrected chi connectivity index (χ4v) is 2.72. The van der Waals surface area contributed by atoms with Crippen LogP contribution >= 0.6 is 22.9 Å². The van der Waals surface area contributed by atoms with Gasteiger partial charge in [0.05, 0.1) is 4.34 Å². The summed E-state index contributed by atoms with van der Waals surface area (Å²) in [4.78, 5) is 12.9. The van der Waals surface area contributed by atoms with Gasteiger partial charge in [-0.25, -0.2) is 0 Å². The molecule has 0 saturated heterocycles. The minimum atomic E-state index is -0.425. The van der Waals surface area contributed by atoms with Gasteiger partial charge in [-0.2, -0.15) is 5.26 Å². The van der Waals surface area contributed by atoms with E-state index < -0.39 is 5.91 Å². The van der Waals surface area contributed by atoms with Crippen molar-refractivity contribution in [2.45, 2.75) is 13.3 Å². The van der Waals surface area contributed by atoms with Crippen molar-refractivity contribution >= 4 is 40.6 Å². The minimum absolute atomic E-state index is 0.0492. The lowest BCUT2D eigenvalue weighted by Gasteiger charge is -2.05. The number of hydrogen-bond acceptors (Lipinski definition) is 3. The first-order chi connectivity index (χ1) is 10.1. The number of rotatable bonds is 4. The molecule has 0 radical (unpaired) electrons. The van der Waals surface area contributed by atoms with Gasteiger partial charge in [0.15, 0.2) is 0 Å². The molecule has 0 fully saturated rings. The lowest BCUT2D eigenvalue weighted by molar-refractivity contribution is -0.112. The summed E-state index contributed by atoms with van der Waals surface area (Å²) in [5.74, 6) is -0.425. The van der Waals surface area contributed by atoms with Crippen LogP contribution in [-0.2, 0) is 11.2 Å². The smallest absolute Gasteiger partial charge is 0.266 e. The van der Waals surface area contributed by atoms with E-state index in [1.807, 2.05) is 30.3 Å². The summed E-state index contributed by atoms with van der Waals surface area (Å²) in [7, 11) is 0. The van der Waals surface area contributed by atoms with Crippen LogP contribution in [0.15, 0.2) is 42.0 Å². The summed E-state index contributed by atoms with van der Waals surface area (Å²) < 4.78 is 0.620. The molecule has 0 unspecified atom stereocenters. The number of hydrogen-bond donors (Lipinski definition) is 1. The molecule has 5 heteroatoms. The van der Waals surface area contributed by atoms with Crippen molar-refractivity contribution in [3.05, 3.63) is 56.7 Å². The lowest BCUT2D eigenvalue weighted by Crippen LogP contribution is -2.13. The SMILES string of the molecule is CCc1ccc(NC(=O)/C(C#N)=C\c2ccc(Cl)s2)cc1. The van der Waals surface area contributed by atoms with Crippen molar-refractivity contribution < 1.29 is 4.79 Å². The molecule has 1 amide bonds. The molecule has 0 spiro atoms. The summed E-state index contributed by atoms with van der Waals surface area (Å²) in [5.41, 5.74) is 1.91. The second kappa shape index (κ2) is 7.07. The maximum absolute atomic E-state index is 12.1. The third-order valence-corrected chi connectivity index (χ3v) is 4.04. The highest BCUT2D eigenvalue weighted by molar-refractivity contribution is 7.17. The zero-order valence-electron chi connectivity index (χ0n) is 11.4. The van der Waals surface area contributed by atoms with E-state index >= 15 is 0 Å². The number of nitrogens with one attached hydrogen (secondary N) is 1. The molecule has 106 valence electrons. The second-order valence-electron chi connectivity index (χ2n) is 4.32. The molecule has 1 N–H and O–H groups in total. The Balaban J connectivity index is 2.13. The number of nitriles is 1. The Labute approximate surface area is 132 Å². The third kappa shape index (κ3) is 4.19. The Bertz CT molecular complexity index is 711. The van der Waals surface area contributed by atoms with Crippen LogP contribution in [0, 0.1) is 11.3 Å². The molecule has 0 bridgehead atoms. The van der Waals surface area contributed by atoms with E-state index in [-0.39, 0.29) is 5.57 Å². The molecular weight excluding hydrogens is 304 g/mol. The average molecular weight is 317 g/mol. The van der Waals surface area contributed by atoms with Gasteiger partial charge in [0.25, 0.3) is 5.91 Å². The van der Waals surface area contributed by atoms with Gasteiger partial charge in [-0.05, 0) is 42.3 Å². The molecule has 2 rings (SSSR count). The van der Waals surface area contributed by atoms with Crippen LogP contribution in [0.1, 0.15) is 17.4 Å². The molecule has 0 atom stereocenters. The Morgan fingerprint density at radius 2 is 2.05 bits per heavy atom. The number of aryl methyl sites for hydroxylation is 1. The molecular formula is C16H13ClN2OS. The number of benzene rings is 1. The number of anilines is 1. The third-order valence-electron chi connectivity index (χ3n) is 2.87. The van der Waals surface area contributed by atoms with Crippen molar-refractivity contribution in [2.24, 2.45) is 0 Å². The van der Waals surface area contributed by atoms with Crippen LogP contribution in [0.25, 0.3) is 6.08 Å². The summed E-state index contributed by atoms with van der Waals surface area (Å²) >= 11 is 7.15. The van der Waals surface area contributed by atoms with Gasteiger partial charge in [-0.15, -0.1) is 11.3 Å². The molecule has 1 heterocycles. The van der Waals surface area contributed by atoms with E-state index in [0.717, 1.165) is 11.3 Å². The first-order valence-electron chi connectivity index (χ1n) is 6.40. The summed E-state index contributed by atoms with van der Waals surface area (Å²) in [6.45, 7) is 2.07. The molecule has 0 aliphatic carbocycles. The van der Waals surface area contributed by atoms with Crippen LogP contribution in [0.3, 0.4) is 0 Å². The van der Waals surface area contributed by atoms with Crippen molar-refractivity contribution in [2.75, 3.05) is 5.32 Å². The van der Waals surface area contributed by atoms with Crippen molar-refractivity contribution in [3.8, 4) is 6.07 Å². The number of halogens is 1. The minimum Gasteiger partial charge on any atom is -0.321 e. The van der Waals surface area contributed by atoms with Crippen LogP contribution in [0.4, 0.5) is 5.69 Å². The van der Waals surface area contributed by atoms with Crippen LogP contribution in [0.2, 0.25) is 4.34 Å². The second-order valence-corrected chi connectivity index (χ2v) is 6.06. The monoisotopic (exact) mass is 316 g/mol. The molecule has 0 saturated carbocycles. The van der Waals surface area contributed by atoms with E-state index in [1.165, 1.54) is 23.0 Å². The highest BCUT2D eigenvalue weighted by atomic mass is 35.5. The average Bonchev–Trinajstić information content (AvgIpc) is 2.90. The highest BCUT2D eigenvalue weighted by Gasteiger charge is 2.10. The van der Waals surface area contributed by atoms with Crippen LogP contribution < -0.4 is 5.32 Å². The van der Waals surface area contributed by atoms with Gasteiger partial charge >= 0.3 is 0 Å². The van der Waals surface area contributed by atoms with Gasteiger partial charge < -0.3 is 5.32 Å². The molecule has 3 nitrogen and oxygen atoms in total. The molecule has 1 aromatic carbocycles. The van der Waals surface area contributed by atoms with E-state index in [1.54, 1.807) is 12.1 Å². The Morgan fingerprint density at radius 3 is 2.57 bits per heavy atom. The first kappa shape index (κ1) is 15.3. The maximum atomic E-state index is 12.1. The molecule has 0 aliphatic rings. The van der Waals surface area contributed by atoms with Crippen LogP contribution in [-0.4, -0.2) is 5.91 Å². The quantitative estimate of drug-likeness (QED) is 0.666. The van der Waals surface area contributed by atoms with Crippen molar-refractivity contribution in [1.29, 1.82) is 5.26 Å². The topological polar surface area (TPSA) is 52.9 Å². The fourth-order valence-electron chi connectivity index (χ4n) is 1.72. The lowest BCUT2D eigenvalue weighted by atomic mass is 10.1. The van der Waals surface area contributed by atoms with Crippen LogP contribution in [0.5, 0.6) is 0 Å². The van der Waals surface area contributed by atoms with E-state index in [0.29, 0.717) is 10.0 Å².